The third kappa shape index (κ3) is 5.62. The molecule has 0 aliphatic heterocycles. The number of benzene rings is 2. The number of carbonyl (C=O) groups excluding carboxylic acids is 1. The van der Waals surface area contributed by atoms with Gasteiger partial charge in [-0.15, -0.1) is 0 Å². The van der Waals surface area contributed by atoms with Crippen LogP contribution in [0.1, 0.15) is 16.7 Å². The molecule has 26 heavy (non-hydrogen) atoms. The number of hydrogen-bond acceptors (Lipinski definition) is 5. The maximum absolute atomic E-state index is 11.9. The standard InChI is InChI=1S/C19H21N3O4/c1-13-6-5-7-14(2)19(13)20-11-17(23)22-21-10-15-8-3-4-9-16(15)26-12-18(24)25/h3-10,20H,11-12H2,1-2H3,(H,22,23)(H,24,25)/b21-10+. The van der Waals surface area contributed by atoms with Gasteiger partial charge in [0.1, 0.15) is 5.75 Å². The second-order valence-corrected chi connectivity index (χ2v) is 5.63. The Morgan fingerprint density at radius 3 is 2.50 bits per heavy atom. The number of para-hydroxylation sites is 2. The number of anilines is 1. The maximum Gasteiger partial charge on any atom is 0.341 e. The molecule has 0 aromatic heterocycles. The lowest BCUT2D eigenvalue weighted by atomic mass is 10.1. The van der Waals surface area contributed by atoms with Crippen molar-refractivity contribution in [3.8, 4) is 5.75 Å². The Labute approximate surface area is 151 Å². The SMILES string of the molecule is Cc1cccc(C)c1NCC(=O)N/N=C/c1ccccc1OCC(=O)O. The topological polar surface area (TPSA) is 100 Å². The van der Waals surface area contributed by atoms with Gasteiger partial charge >= 0.3 is 5.97 Å². The van der Waals surface area contributed by atoms with E-state index in [1.54, 1.807) is 24.3 Å². The van der Waals surface area contributed by atoms with Gasteiger partial charge in [0.15, 0.2) is 6.61 Å². The number of carbonyl (C=O) groups is 2. The van der Waals surface area contributed by atoms with Gasteiger partial charge in [-0.2, -0.15) is 5.10 Å². The molecule has 0 spiro atoms. The molecule has 0 heterocycles. The first-order valence-electron chi connectivity index (χ1n) is 8.03. The molecule has 0 unspecified atom stereocenters. The molecule has 2 aromatic carbocycles. The zero-order valence-electron chi connectivity index (χ0n) is 14.7. The predicted molar refractivity (Wildman–Crippen MR) is 99.7 cm³/mol. The number of hydrazone groups is 1. The van der Waals surface area contributed by atoms with E-state index in [-0.39, 0.29) is 12.5 Å². The van der Waals surface area contributed by atoms with Crippen molar-refractivity contribution in [1.82, 2.24) is 5.43 Å². The Hall–Kier alpha value is -3.35. The predicted octanol–water partition coefficient (Wildman–Crippen LogP) is 2.33. The van der Waals surface area contributed by atoms with Gasteiger partial charge in [-0.3, -0.25) is 4.79 Å². The number of rotatable bonds is 8. The fourth-order valence-electron chi connectivity index (χ4n) is 2.33. The Balaban J connectivity index is 1.90. The number of nitrogens with zero attached hydrogens (tertiary/aromatic N) is 1. The number of hydrogen-bond donors (Lipinski definition) is 3. The molecule has 1 amide bonds. The van der Waals surface area contributed by atoms with Crippen molar-refractivity contribution < 1.29 is 19.4 Å². The molecule has 7 nitrogen and oxygen atoms in total. The summed E-state index contributed by atoms with van der Waals surface area (Å²) >= 11 is 0. The largest absolute Gasteiger partial charge is 0.481 e. The molecule has 0 aliphatic rings. The lowest BCUT2D eigenvalue weighted by Crippen LogP contribution is -2.26. The van der Waals surface area contributed by atoms with Crippen LogP contribution in [0.25, 0.3) is 0 Å². The fourth-order valence-corrected chi connectivity index (χ4v) is 2.33. The van der Waals surface area contributed by atoms with E-state index in [0.717, 1.165) is 16.8 Å². The van der Waals surface area contributed by atoms with E-state index in [0.29, 0.717) is 11.3 Å². The van der Waals surface area contributed by atoms with Gasteiger partial charge in [0.25, 0.3) is 5.91 Å². The monoisotopic (exact) mass is 355 g/mol. The fraction of sp³-hybridized carbons (Fsp3) is 0.211. The number of aliphatic carboxylic acids is 1. The Morgan fingerprint density at radius 1 is 1.12 bits per heavy atom. The van der Waals surface area contributed by atoms with Gasteiger partial charge in [-0.25, -0.2) is 10.2 Å². The van der Waals surface area contributed by atoms with Gasteiger partial charge in [0.05, 0.1) is 12.8 Å². The summed E-state index contributed by atoms with van der Waals surface area (Å²) in [6, 6.07) is 12.7. The third-order valence-electron chi connectivity index (χ3n) is 3.57. The summed E-state index contributed by atoms with van der Waals surface area (Å²) in [5, 5.41) is 15.7. The zero-order chi connectivity index (χ0) is 18.9. The van der Waals surface area contributed by atoms with Gasteiger partial charge < -0.3 is 15.2 Å². The maximum atomic E-state index is 11.9. The minimum absolute atomic E-state index is 0.0835. The van der Waals surface area contributed by atoms with Crippen molar-refractivity contribution in [2.45, 2.75) is 13.8 Å². The van der Waals surface area contributed by atoms with E-state index < -0.39 is 12.6 Å². The van der Waals surface area contributed by atoms with Crippen molar-refractivity contribution in [2.24, 2.45) is 5.10 Å². The van der Waals surface area contributed by atoms with Gasteiger partial charge in [0.2, 0.25) is 0 Å². The summed E-state index contributed by atoms with van der Waals surface area (Å²) < 4.78 is 5.17. The second-order valence-electron chi connectivity index (χ2n) is 5.63. The van der Waals surface area contributed by atoms with E-state index in [2.05, 4.69) is 15.8 Å². The van der Waals surface area contributed by atoms with E-state index in [9.17, 15) is 9.59 Å². The number of amides is 1. The van der Waals surface area contributed by atoms with E-state index >= 15 is 0 Å². The molecule has 7 heteroatoms. The van der Waals surface area contributed by atoms with E-state index in [1.807, 2.05) is 32.0 Å². The van der Waals surface area contributed by atoms with Crippen LogP contribution in [0.4, 0.5) is 5.69 Å². The summed E-state index contributed by atoms with van der Waals surface area (Å²) in [4.78, 5) is 22.5. The van der Waals surface area contributed by atoms with Crippen LogP contribution in [0.15, 0.2) is 47.6 Å². The van der Waals surface area contributed by atoms with Crippen LogP contribution in [-0.4, -0.2) is 36.3 Å². The van der Waals surface area contributed by atoms with Crippen LogP contribution in [0.5, 0.6) is 5.75 Å². The van der Waals surface area contributed by atoms with Gasteiger partial charge in [0, 0.05) is 11.3 Å². The molecular formula is C19H21N3O4. The minimum Gasteiger partial charge on any atom is -0.481 e. The normalized spacial score (nSPS) is 10.5. The molecule has 0 fully saturated rings. The molecule has 2 aromatic rings. The Morgan fingerprint density at radius 2 is 1.81 bits per heavy atom. The molecule has 0 saturated heterocycles. The van der Waals surface area contributed by atoms with Crippen molar-refractivity contribution in [3.05, 3.63) is 59.2 Å². The van der Waals surface area contributed by atoms with Gasteiger partial charge in [-0.1, -0.05) is 30.3 Å². The van der Waals surface area contributed by atoms with Crippen LogP contribution < -0.4 is 15.5 Å². The van der Waals surface area contributed by atoms with Gasteiger partial charge in [-0.05, 0) is 37.1 Å². The quantitative estimate of drug-likeness (QED) is 0.498. The molecule has 0 saturated carbocycles. The molecule has 0 bridgehead atoms. The summed E-state index contributed by atoms with van der Waals surface area (Å²) in [6.45, 7) is 3.58. The molecule has 136 valence electrons. The first-order valence-corrected chi connectivity index (χ1v) is 8.03. The number of nitrogens with one attached hydrogen (secondary N) is 2. The first-order chi connectivity index (χ1) is 12.5. The smallest absolute Gasteiger partial charge is 0.341 e. The zero-order valence-corrected chi connectivity index (χ0v) is 14.7. The number of carboxylic acids is 1. The summed E-state index contributed by atoms with van der Waals surface area (Å²) in [5.74, 6) is -0.989. The third-order valence-corrected chi connectivity index (χ3v) is 3.57. The number of ether oxygens (including phenoxy) is 1. The Kier molecular flexibility index (Phi) is 6.73. The average molecular weight is 355 g/mol. The molecule has 0 atom stereocenters. The van der Waals surface area contributed by atoms with Crippen LogP contribution in [0.3, 0.4) is 0 Å². The van der Waals surface area contributed by atoms with Crippen LogP contribution in [0, 0.1) is 13.8 Å². The lowest BCUT2D eigenvalue weighted by Gasteiger charge is -2.11. The summed E-state index contributed by atoms with van der Waals surface area (Å²) in [7, 11) is 0. The van der Waals surface area contributed by atoms with E-state index in [1.165, 1.54) is 6.21 Å². The van der Waals surface area contributed by atoms with Crippen molar-refractivity contribution >= 4 is 23.8 Å². The Bertz CT molecular complexity index is 798. The molecule has 2 rings (SSSR count). The van der Waals surface area contributed by atoms with Crippen molar-refractivity contribution in [1.29, 1.82) is 0 Å². The highest BCUT2D eigenvalue weighted by Crippen LogP contribution is 2.19. The average Bonchev–Trinajstić information content (AvgIpc) is 2.60. The summed E-state index contributed by atoms with van der Waals surface area (Å²) in [5.41, 5.74) is 6.05. The van der Waals surface area contributed by atoms with Crippen LogP contribution in [-0.2, 0) is 9.59 Å². The van der Waals surface area contributed by atoms with Crippen molar-refractivity contribution in [2.75, 3.05) is 18.5 Å². The van der Waals surface area contributed by atoms with Crippen LogP contribution >= 0.6 is 0 Å². The molecule has 0 aliphatic carbocycles. The highest BCUT2D eigenvalue weighted by molar-refractivity contribution is 5.86. The summed E-state index contributed by atoms with van der Waals surface area (Å²) in [6.07, 6.45) is 1.41. The first kappa shape index (κ1) is 19.0. The highest BCUT2D eigenvalue weighted by Gasteiger charge is 2.06. The lowest BCUT2D eigenvalue weighted by molar-refractivity contribution is -0.139. The molecular weight excluding hydrogens is 334 g/mol. The number of carboxylic acid groups (broad SMARTS) is 1. The molecule has 3 N–H and O–H groups in total. The molecule has 0 radical (unpaired) electrons. The van der Waals surface area contributed by atoms with Crippen LogP contribution in [0.2, 0.25) is 0 Å². The minimum atomic E-state index is -1.07. The number of aryl methyl sites for hydroxylation is 2. The van der Waals surface area contributed by atoms with E-state index in [4.69, 9.17) is 9.84 Å². The highest BCUT2D eigenvalue weighted by atomic mass is 16.5. The second kappa shape index (κ2) is 9.22. The van der Waals surface area contributed by atoms with Crippen molar-refractivity contribution in [3.63, 3.8) is 0 Å².